The van der Waals surface area contributed by atoms with Gasteiger partial charge in [0.05, 0.1) is 5.56 Å². The normalized spacial score (nSPS) is 12.6. The fourth-order valence-corrected chi connectivity index (χ4v) is 1.14. The van der Waals surface area contributed by atoms with Gasteiger partial charge in [0.1, 0.15) is 5.82 Å². The number of anilines is 1. The van der Waals surface area contributed by atoms with Crippen LogP contribution >= 0.6 is 0 Å². The van der Waals surface area contributed by atoms with E-state index in [1.165, 1.54) is 12.3 Å². The van der Waals surface area contributed by atoms with Crippen LogP contribution in [0.5, 0.6) is 0 Å². The highest BCUT2D eigenvalue weighted by Gasteiger charge is 2.35. The summed E-state index contributed by atoms with van der Waals surface area (Å²) in [5.74, 6) is -0.109. The molecule has 16 heavy (non-hydrogen) atoms. The van der Waals surface area contributed by atoms with E-state index >= 15 is 0 Å². The molecule has 0 radical (unpaired) electrons. The Morgan fingerprint density at radius 2 is 1.94 bits per heavy atom. The maximum atomic E-state index is 12.6. The second kappa shape index (κ2) is 4.31. The lowest BCUT2D eigenvalue weighted by molar-refractivity contribution is -0.137. The average molecular weight is 232 g/mol. The molecule has 0 saturated carbocycles. The summed E-state index contributed by atoms with van der Waals surface area (Å²) in [7, 11) is 0. The summed E-state index contributed by atoms with van der Waals surface area (Å²) < 4.78 is 37.9. The Bertz CT molecular complexity index is 358. The Morgan fingerprint density at radius 1 is 1.31 bits per heavy atom. The predicted molar refractivity (Wildman–Crippen MR) is 57.2 cm³/mol. The van der Waals surface area contributed by atoms with Gasteiger partial charge in [-0.05, 0) is 32.4 Å². The summed E-state index contributed by atoms with van der Waals surface area (Å²) >= 11 is 0. The van der Waals surface area contributed by atoms with E-state index in [0.717, 1.165) is 6.07 Å². The monoisotopic (exact) mass is 232 g/mol. The molecule has 1 N–H and O–H groups in total. The van der Waals surface area contributed by atoms with Crippen molar-refractivity contribution in [3.05, 3.63) is 23.9 Å². The third-order valence-corrected chi connectivity index (χ3v) is 2.45. The minimum absolute atomic E-state index is 0.109. The van der Waals surface area contributed by atoms with E-state index < -0.39 is 17.3 Å². The van der Waals surface area contributed by atoms with Gasteiger partial charge in [-0.25, -0.2) is 4.98 Å². The highest BCUT2D eigenvalue weighted by atomic mass is 19.4. The minimum Gasteiger partial charge on any atom is -0.365 e. The second-order valence-electron chi connectivity index (χ2n) is 4.26. The Kier molecular flexibility index (Phi) is 3.45. The molecule has 5 heteroatoms. The maximum Gasteiger partial charge on any atom is 0.419 e. The van der Waals surface area contributed by atoms with Gasteiger partial charge in [0.25, 0.3) is 0 Å². The van der Waals surface area contributed by atoms with Gasteiger partial charge in [-0.2, -0.15) is 13.2 Å². The van der Waals surface area contributed by atoms with E-state index in [9.17, 15) is 13.2 Å². The molecule has 0 bridgehead atoms. The summed E-state index contributed by atoms with van der Waals surface area (Å²) in [4.78, 5) is 3.75. The van der Waals surface area contributed by atoms with Gasteiger partial charge >= 0.3 is 6.18 Å². The number of aromatic nitrogens is 1. The van der Waals surface area contributed by atoms with Crippen molar-refractivity contribution in [2.45, 2.75) is 38.9 Å². The lowest BCUT2D eigenvalue weighted by atomic mass is 10.0. The van der Waals surface area contributed by atoms with E-state index in [0.29, 0.717) is 6.42 Å². The summed E-state index contributed by atoms with van der Waals surface area (Å²) in [6.45, 7) is 5.58. The Balaban J connectivity index is 3.06. The van der Waals surface area contributed by atoms with Crippen molar-refractivity contribution in [1.82, 2.24) is 4.98 Å². The Labute approximate surface area is 92.9 Å². The zero-order chi connectivity index (χ0) is 12.4. The van der Waals surface area contributed by atoms with E-state index in [1.54, 1.807) is 0 Å². The van der Waals surface area contributed by atoms with E-state index in [1.807, 2.05) is 20.8 Å². The van der Waals surface area contributed by atoms with Crippen LogP contribution < -0.4 is 5.32 Å². The number of hydrogen-bond acceptors (Lipinski definition) is 2. The van der Waals surface area contributed by atoms with Crippen molar-refractivity contribution < 1.29 is 13.2 Å². The van der Waals surface area contributed by atoms with Crippen molar-refractivity contribution in [3.63, 3.8) is 0 Å². The van der Waals surface area contributed by atoms with Crippen molar-refractivity contribution in [2.24, 2.45) is 0 Å². The Morgan fingerprint density at radius 3 is 2.44 bits per heavy atom. The first-order chi connectivity index (χ1) is 7.26. The molecule has 1 heterocycles. The van der Waals surface area contributed by atoms with Crippen LogP contribution in [0.1, 0.15) is 32.8 Å². The van der Waals surface area contributed by atoms with Crippen molar-refractivity contribution in [1.29, 1.82) is 0 Å². The van der Waals surface area contributed by atoms with Crippen molar-refractivity contribution in [3.8, 4) is 0 Å². The molecule has 0 fully saturated rings. The van der Waals surface area contributed by atoms with Gasteiger partial charge in [-0.1, -0.05) is 6.92 Å². The third kappa shape index (κ3) is 3.12. The summed E-state index contributed by atoms with van der Waals surface area (Å²) in [6, 6.07) is 2.31. The smallest absolute Gasteiger partial charge is 0.365 e. The van der Waals surface area contributed by atoms with Crippen molar-refractivity contribution >= 4 is 5.82 Å². The third-order valence-electron chi connectivity index (χ3n) is 2.45. The number of halogens is 3. The zero-order valence-electron chi connectivity index (χ0n) is 9.52. The van der Waals surface area contributed by atoms with E-state index in [4.69, 9.17) is 0 Å². The minimum atomic E-state index is -4.37. The van der Waals surface area contributed by atoms with Gasteiger partial charge in [0, 0.05) is 11.7 Å². The molecule has 0 aliphatic rings. The molecule has 1 aromatic heterocycles. The molecule has 90 valence electrons. The predicted octanol–water partition coefficient (Wildman–Crippen LogP) is 3.70. The summed E-state index contributed by atoms with van der Waals surface area (Å²) in [5.41, 5.74) is -1.13. The topological polar surface area (TPSA) is 24.9 Å². The van der Waals surface area contributed by atoms with Crippen LogP contribution in [0.15, 0.2) is 18.3 Å². The van der Waals surface area contributed by atoms with Crippen LogP contribution in [0.3, 0.4) is 0 Å². The number of alkyl halides is 3. The molecular weight excluding hydrogens is 217 g/mol. The largest absolute Gasteiger partial charge is 0.419 e. The number of nitrogens with zero attached hydrogens (tertiary/aromatic N) is 1. The van der Waals surface area contributed by atoms with Crippen LogP contribution in [0.2, 0.25) is 0 Å². The molecule has 0 saturated heterocycles. The van der Waals surface area contributed by atoms with Gasteiger partial charge in [-0.15, -0.1) is 0 Å². The standard InChI is InChI=1S/C11H15F3N2/c1-4-10(2,3)16-9-8(11(12,13)14)6-5-7-15-9/h5-7H,4H2,1-3H3,(H,15,16). The number of nitrogens with one attached hydrogen (secondary N) is 1. The van der Waals surface area contributed by atoms with Crippen LogP contribution in [-0.2, 0) is 6.18 Å². The van der Waals surface area contributed by atoms with E-state index in [2.05, 4.69) is 10.3 Å². The molecule has 0 atom stereocenters. The summed E-state index contributed by atoms with van der Waals surface area (Å²) in [6.07, 6.45) is -2.31. The zero-order valence-corrected chi connectivity index (χ0v) is 9.52. The molecule has 0 amide bonds. The molecular formula is C11H15F3N2. The quantitative estimate of drug-likeness (QED) is 0.859. The van der Waals surface area contributed by atoms with Crippen molar-refractivity contribution in [2.75, 3.05) is 5.32 Å². The second-order valence-corrected chi connectivity index (χ2v) is 4.26. The maximum absolute atomic E-state index is 12.6. The first-order valence-corrected chi connectivity index (χ1v) is 5.06. The fraction of sp³-hybridized carbons (Fsp3) is 0.545. The van der Waals surface area contributed by atoms with Gasteiger partial charge in [0.15, 0.2) is 0 Å². The number of rotatable bonds is 3. The Hall–Kier alpha value is -1.26. The molecule has 1 aromatic rings. The molecule has 0 unspecified atom stereocenters. The highest BCUT2D eigenvalue weighted by Crippen LogP contribution is 2.34. The van der Waals surface area contributed by atoms with Gasteiger partial charge < -0.3 is 5.32 Å². The number of hydrogen-bond donors (Lipinski definition) is 1. The van der Waals surface area contributed by atoms with Crippen LogP contribution in [0.25, 0.3) is 0 Å². The molecule has 0 aromatic carbocycles. The molecule has 0 aliphatic heterocycles. The van der Waals surface area contributed by atoms with E-state index in [-0.39, 0.29) is 5.82 Å². The van der Waals surface area contributed by atoms with Gasteiger partial charge in [-0.3, -0.25) is 0 Å². The highest BCUT2D eigenvalue weighted by molar-refractivity contribution is 5.47. The average Bonchev–Trinajstić information content (AvgIpc) is 2.16. The fourth-order valence-electron chi connectivity index (χ4n) is 1.14. The lowest BCUT2D eigenvalue weighted by Crippen LogP contribution is -2.31. The van der Waals surface area contributed by atoms with Crippen LogP contribution in [0, 0.1) is 0 Å². The van der Waals surface area contributed by atoms with Crippen LogP contribution in [-0.4, -0.2) is 10.5 Å². The first kappa shape index (κ1) is 12.8. The number of pyridine rings is 1. The molecule has 1 rings (SSSR count). The van der Waals surface area contributed by atoms with Crippen LogP contribution in [0.4, 0.5) is 19.0 Å². The lowest BCUT2D eigenvalue weighted by Gasteiger charge is -2.26. The summed E-state index contributed by atoms with van der Waals surface area (Å²) in [5, 5.41) is 2.81. The first-order valence-electron chi connectivity index (χ1n) is 5.06. The molecule has 0 aliphatic carbocycles. The van der Waals surface area contributed by atoms with Gasteiger partial charge in [0.2, 0.25) is 0 Å². The SMILES string of the molecule is CCC(C)(C)Nc1ncccc1C(F)(F)F. The molecule has 2 nitrogen and oxygen atoms in total. The molecule has 0 spiro atoms.